The molecular formula is C15H24N2O4. The van der Waals surface area contributed by atoms with Crippen LogP contribution in [-0.4, -0.2) is 23.1 Å². The lowest BCUT2D eigenvalue weighted by molar-refractivity contribution is 0.0660. The fourth-order valence-corrected chi connectivity index (χ4v) is 1.93. The van der Waals surface area contributed by atoms with Crippen molar-refractivity contribution in [2.45, 2.75) is 52.6 Å². The first-order chi connectivity index (χ1) is 9.88. The molecule has 118 valence electrons. The molecule has 0 radical (unpaired) electrons. The standard InChI is InChI=1S/C15H24N2O4/c1-10(2)5-4-6-11(3)17-15(20)16-9-12-7-8-13(21-12)14(18)19/h7-8,10-11H,4-6,9H2,1-3H3,(H,18,19)(H2,16,17,20). The third-order valence-electron chi connectivity index (χ3n) is 3.09. The van der Waals surface area contributed by atoms with E-state index in [1.54, 1.807) is 0 Å². The van der Waals surface area contributed by atoms with Gasteiger partial charge in [0.15, 0.2) is 0 Å². The average molecular weight is 296 g/mol. The van der Waals surface area contributed by atoms with E-state index in [0.717, 1.165) is 19.3 Å². The van der Waals surface area contributed by atoms with Gasteiger partial charge in [-0.05, 0) is 31.4 Å². The van der Waals surface area contributed by atoms with Crippen LogP contribution in [-0.2, 0) is 6.54 Å². The van der Waals surface area contributed by atoms with Crippen LogP contribution >= 0.6 is 0 Å². The minimum atomic E-state index is -1.12. The summed E-state index contributed by atoms with van der Waals surface area (Å²) < 4.78 is 5.05. The number of carbonyl (C=O) groups excluding carboxylic acids is 1. The van der Waals surface area contributed by atoms with Crippen LogP contribution in [0, 0.1) is 5.92 Å². The zero-order chi connectivity index (χ0) is 15.8. The van der Waals surface area contributed by atoms with Gasteiger partial charge in [0.2, 0.25) is 5.76 Å². The first-order valence-electron chi connectivity index (χ1n) is 7.25. The highest BCUT2D eigenvalue weighted by Crippen LogP contribution is 2.09. The van der Waals surface area contributed by atoms with Gasteiger partial charge in [-0.2, -0.15) is 0 Å². The number of nitrogens with one attached hydrogen (secondary N) is 2. The molecule has 3 N–H and O–H groups in total. The Balaban J connectivity index is 2.25. The second-order valence-electron chi connectivity index (χ2n) is 5.62. The molecule has 6 heteroatoms. The van der Waals surface area contributed by atoms with Crippen molar-refractivity contribution in [3.63, 3.8) is 0 Å². The summed E-state index contributed by atoms with van der Waals surface area (Å²) in [6.07, 6.45) is 3.17. The second-order valence-corrected chi connectivity index (χ2v) is 5.62. The van der Waals surface area contributed by atoms with Crippen molar-refractivity contribution in [1.82, 2.24) is 10.6 Å². The molecule has 1 aromatic rings. The Labute approximate surface area is 124 Å². The van der Waals surface area contributed by atoms with Gasteiger partial charge in [-0.25, -0.2) is 9.59 Å². The fraction of sp³-hybridized carbons (Fsp3) is 0.600. The number of rotatable bonds is 8. The van der Waals surface area contributed by atoms with E-state index in [0.29, 0.717) is 11.7 Å². The molecule has 1 rings (SSSR count). The summed E-state index contributed by atoms with van der Waals surface area (Å²) in [5.74, 6) is -0.165. The number of carboxylic acids is 1. The second kappa shape index (κ2) is 8.34. The first kappa shape index (κ1) is 17.1. The van der Waals surface area contributed by atoms with E-state index in [-0.39, 0.29) is 24.4 Å². The number of carboxylic acid groups (broad SMARTS) is 1. The van der Waals surface area contributed by atoms with E-state index in [9.17, 15) is 9.59 Å². The van der Waals surface area contributed by atoms with Crippen molar-refractivity contribution in [2.75, 3.05) is 0 Å². The van der Waals surface area contributed by atoms with Gasteiger partial charge in [0.25, 0.3) is 0 Å². The van der Waals surface area contributed by atoms with Crippen LogP contribution in [0.25, 0.3) is 0 Å². The fourth-order valence-electron chi connectivity index (χ4n) is 1.93. The summed E-state index contributed by atoms with van der Waals surface area (Å²) in [5.41, 5.74) is 0. The van der Waals surface area contributed by atoms with Crippen molar-refractivity contribution < 1.29 is 19.1 Å². The highest BCUT2D eigenvalue weighted by molar-refractivity contribution is 5.84. The minimum Gasteiger partial charge on any atom is -0.475 e. The summed E-state index contributed by atoms with van der Waals surface area (Å²) in [4.78, 5) is 22.3. The number of hydrogen-bond acceptors (Lipinski definition) is 3. The van der Waals surface area contributed by atoms with Gasteiger partial charge in [0.1, 0.15) is 5.76 Å². The van der Waals surface area contributed by atoms with Crippen LogP contribution in [0.4, 0.5) is 4.79 Å². The van der Waals surface area contributed by atoms with Crippen LogP contribution in [0.1, 0.15) is 56.3 Å². The van der Waals surface area contributed by atoms with Gasteiger partial charge in [-0.15, -0.1) is 0 Å². The van der Waals surface area contributed by atoms with Gasteiger partial charge in [-0.3, -0.25) is 0 Å². The molecular weight excluding hydrogens is 272 g/mol. The molecule has 0 spiro atoms. The molecule has 6 nitrogen and oxygen atoms in total. The van der Waals surface area contributed by atoms with Gasteiger partial charge >= 0.3 is 12.0 Å². The Bertz CT molecular complexity index is 468. The van der Waals surface area contributed by atoms with E-state index in [1.165, 1.54) is 12.1 Å². The van der Waals surface area contributed by atoms with Gasteiger partial charge in [0.05, 0.1) is 6.54 Å². The maximum absolute atomic E-state index is 11.7. The molecule has 0 aliphatic heterocycles. The normalized spacial score (nSPS) is 12.2. The Morgan fingerprint density at radius 1 is 1.24 bits per heavy atom. The van der Waals surface area contributed by atoms with Crippen LogP contribution in [0.15, 0.2) is 16.5 Å². The maximum atomic E-state index is 11.7. The molecule has 21 heavy (non-hydrogen) atoms. The number of hydrogen-bond donors (Lipinski definition) is 3. The zero-order valence-corrected chi connectivity index (χ0v) is 12.8. The third-order valence-corrected chi connectivity index (χ3v) is 3.09. The molecule has 2 amide bonds. The molecule has 1 unspecified atom stereocenters. The van der Waals surface area contributed by atoms with Crippen LogP contribution in [0.2, 0.25) is 0 Å². The van der Waals surface area contributed by atoms with E-state index in [4.69, 9.17) is 9.52 Å². The lowest BCUT2D eigenvalue weighted by Gasteiger charge is -2.14. The Hall–Kier alpha value is -1.98. The SMILES string of the molecule is CC(C)CCCC(C)NC(=O)NCc1ccc(C(=O)O)o1. The highest BCUT2D eigenvalue weighted by atomic mass is 16.4. The highest BCUT2D eigenvalue weighted by Gasteiger charge is 2.11. The van der Waals surface area contributed by atoms with E-state index in [1.807, 2.05) is 6.92 Å². The van der Waals surface area contributed by atoms with Crippen molar-refractivity contribution in [2.24, 2.45) is 5.92 Å². The number of aromatic carboxylic acids is 1. The average Bonchev–Trinajstić information content (AvgIpc) is 2.84. The molecule has 1 atom stereocenters. The molecule has 0 bridgehead atoms. The Kier molecular flexibility index (Phi) is 6.78. The summed E-state index contributed by atoms with van der Waals surface area (Å²) in [6, 6.07) is 2.73. The van der Waals surface area contributed by atoms with Crippen molar-refractivity contribution in [3.8, 4) is 0 Å². The van der Waals surface area contributed by atoms with Crippen LogP contribution in [0.3, 0.4) is 0 Å². The van der Waals surface area contributed by atoms with E-state index in [2.05, 4.69) is 24.5 Å². The van der Waals surface area contributed by atoms with E-state index < -0.39 is 5.97 Å². The minimum absolute atomic E-state index is 0.106. The smallest absolute Gasteiger partial charge is 0.371 e. The van der Waals surface area contributed by atoms with E-state index >= 15 is 0 Å². The zero-order valence-electron chi connectivity index (χ0n) is 12.8. The van der Waals surface area contributed by atoms with Gasteiger partial charge < -0.3 is 20.2 Å². The molecule has 1 heterocycles. The topological polar surface area (TPSA) is 91.6 Å². The molecule has 0 aromatic carbocycles. The van der Waals surface area contributed by atoms with Crippen LogP contribution in [0.5, 0.6) is 0 Å². The number of carbonyl (C=O) groups is 2. The number of furan rings is 1. The van der Waals surface area contributed by atoms with Gasteiger partial charge in [0, 0.05) is 6.04 Å². The maximum Gasteiger partial charge on any atom is 0.371 e. The number of amides is 2. The van der Waals surface area contributed by atoms with Crippen molar-refractivity contribution in [1.29, 1.82) is 0 Å². The molecule has 0 aliphatic carbocycles. The third kappa shape index (κ3) is 6.83. The molecule has 0 fully saturated rings. The predicted molar refractivity (Wildman–Crippen MR) is 79.2 cm³/mol. The largest absolute Gasteiger partial charge is 0.475 e. The first-order valence-corrected chi connectivity index (χ1v) is 7.25. The summed E-state index contributed by atoms with van der Waals surface area (Å²) in [7, 11) is 0. The lowest BCUT2D eigenvalue weighted by atomic mass is 10.0. The summed E-state index contributed by atoms with van der Waals surface area (Å²) in [6.45, 7) is 6.49. The quantitative estimate of drug-likeness (QED) is 0.687. The Morgan fingerprint density at radius 3 is 2.52 bits per heavy atom. The number of urea groups is 1. The summed E-state index contributed by atoms with van der Waals surface area (Å²) in [5, 5.41) is 14.2. The molecule has 0 saturated heterocycles. The van der Waals surface area contributed by atoms with Gasteiger partial charge in [-0.1, -0.05) is 26.7 Å². The van der Waals surface area contributed by atoms with Crippen LogP contribution < -0.4 is 10.6 Å². The predicted octanol–water partition coefficient (Wildman–Crippen LogP) is 2.99. The molecule has 1 aromatic heterocycles. The lowest BCUT2D eigenvalue weighted by Crippen LogP contribution is -2.40. The Morgan fingerprint density at radius 2 is 1.95 bits per heavy atom. The summed E-state index contributed by atoms with van der Waals surface area (Å²) >= 11 is 0. The van der Waals surface area contributed by atoms with Crippen molar-refractivity contribution >= 4 is 12.0 Å². The molecule has 0 aliphatic rings. The monoisotopic (exact) mass is 296 g/mol. The van der Waals surface area contributed by atoms with Crippen molar-refractivity contribution in [3.05, 3.63) is 23.7 Å². The molecule has 0 saturated carbocycles.